The molecule has 0 fully saturated rings. The first-order valence-corrected chi connectivity index (χ1v) is 6.58. The summed E-state index contributed by atoms with van der Waals surface area (Å²) in [6.07, 6.45) is 1.91. The van der Waals surface area contributed by atoms with Crippen molar-refractivity contribution in [2.24, 2.45) is 0 Å². The Labute approximate surface area is 113 Å². The first kappa shape index (κ1) is 12.5. The number of nitrogens with one attached hydrogen (secondary N) is 1. The van der Waals surface area contributed by atoms with Crippen LogP contribution in [0.15, 0.2) is 22.7 Å². The third-order valence-electron chi connectivity index (χ3n) is 2.60. The number of nitrogens with two attached hydrogens (primary N) is 1. The molecule has 2 rings (SSSR count). The van der Waals surface area contributed by atoms with Crippen LogP contribution in [0.4, 0.5) is 5.82 Å². The van der Waals surface area contributed by atoms with Crippen molar-refractivity contribution in [1.82, 2.24) is 10.2 Å². The second kappa shape index (κ2) is 5.10. The fourth-order valence-corrected chi connectivity index (χ4v) is 2.37. The highest BCUT2D eigenvalue weighted by Crippen LogP contribution is 2.33. The van der Waals surface area contributed by atoms with Crippen molar-refractivity contribution >= 4 is 33.3 Å². The van der Waals surface area contributed by atoms with Crippen LogP contribution in [0, 0.1) is 0 Å². The lowest BCUT2D eigenvalue weighted by Gasteiger charge is -2.06. The Kier molecular flexibility index (Phi) is 3.74. The molecule has 1 aromatic carbocycles. The van der Waals surface area contributed by atoms with E-state index >= 15 is 0 Å². The average molecular weight is 315 g/mol. The van der Waals surface area contributed by atoms with Gasteiger partial charge in [0.25, 0.3) is 0 Å². The predicted molar refractivity (Wildman–Crippen MR) is 75.1 cm³/mol. The van der Waals surface area contributed by atoms with E-state index in [2.05, 4.69) is 33.1 Å². The normalized spacial score (nSPS) is 10.8. The molecule has 0 unspecified atom stereocenters. The van der Waals surface area contributed by atoms with Crippen LogP contribution in [-0.2, 0) is 6.42 Å². The maximum absolute atomic E-state index is 6.20. The van der Waals surface area contributed by atoms with E-state index in [1.807, 2.05) is 18.2 Å². The van der Waals surface area contributed by atoms with Gasteiger partial charge in [0.15, 0.2) is 0 Å². The second-order valence-corrected chi connectivity index (χ2v) is 5.16. The third-order valence-corrected chi connectivity index (χ3v) is 3.42. The summed E-state index contributed by atoms with van der Waals surface area (Å²) in [4.78, 5) is 0. The number of hydrogen-bond acceptors (Lipinski definition) is 2. The number of hydrogen-bond donors (Lipinski definition) is 2. The van der Waals surface area contributed by atoms with E-state index in [1.165, 1.54) is 0 Å². The fourth-order valence-electron chi connectivity index (χ4n) is 1.79. The van der Waals surface area contributed by atoms with E-state index < -0.39 is 0 Å². The van der Waals surface area contributed by atoms with Gasteiger partial charge < -0.3 is 5.73 Å². The first-order chi connectivity index (χ1) is 8.13. The molecule has 0 aliphatic heterocycles. The number of rotatable bonds is 3. The molecule has 0 saturated carbocycles. The number of aromatic amines is 1. The fraction of sp³-hybridized carbons (Fsp3) is 0.250. The molecule has 90 valence electrons. The number of halogens is 2. The summed E-state index contributed by atoms with van der Waals surface area (Å²) in [6.45, 7) is 2.11. The van der Waals surface area contributed by atoms with Crippen molar-refractivity contribution in [2.75, 3.05) is 5.73 Å². The van der Waals surface area contributed by atoms with Crippen molar-refractivity contribution in [1.29, 1.82) is 0 Å². The molecule has 0 saturated heterocycles. The van der Waals surface area contributed by atoms with Gasteiger partial charge in [-0.05, 0) is 24.6 Å². The van der Waals surface area contributed by atoms with Gasteiger partial charge in [0, 0.05) is 15.6 Å². The summed E-state index contributed by atoms with van der Waals surface area (Å²) in [5.41, 5.74) is 8.73. The van der Waals surface area contributed by atoms with Crippen LogP contribution >= 0.6 is 27.5 Å². The Bertz CT molecular complexity index is 537. The smallest absolute Gasteiger partial charge is 0.149 e. The van der Waals surface area contributed by atoms with Gasteiger partial charge in [0.2, 0.25) is 0 Å². The van der Waals surface area contributed by atoms with E-state index in [0.717, 1.165) is 34.1 Å². The maximum atomic E-state index is 6.20. The second-order valence-electron chi connectivity index (χ2n) is 3.84. The zero-order valence-corrected chi connectivity index (χ0v) is 11.8. The van der Waals surface area contributed by atoms with Crippen LogP contribution in [0.25, 0.3) is 11.3 Å². The molecule has 3 N–H and O–H groups in total. The lowest BCUT2D eigenvalue weighted by Crippen LogP contribution is -1.93. The van der Waals surface area contributed by atoms with E-state index in [1.54, 1.807) is 0 Å². The maximum Gasteiger partial charge on any atom is 0.149 e. The summed E-state index contributed by atoms with van der Waals surface area (Å²) >= 11 is 9.64. The van der Waals surface area contributed by atoms with E-state index in [9.17, 15) is 0 Å². The average Bonchev–Trinajstić information content (AvgIpc) is 2.65. The van der Waals surface area contributed by atoms with Gasteiger partial charge in [-0.2, -0.15) is 5.10 Å². The molecular weight excluding hydrogens is 302 g/mol. The van der Waals surface area contributed by atoms with E-state index in [0.29, 0.717) is 10.8 Å². The minimum atomic E-state index is 0.554. The van der Waals surface area contributed by atoms with E-state index in [4.69, 9.17) is 17.3 Å². The molecule has 1 heterocycles. The molecule has 5 heteroatoms. The lowest BCUT2D eigenvalue weighted by atomic mass is 10.0. The Morgan fingerprint density at radius 3 is 2.94 bits per heavy atom. The molecule has 17 heavy (non-hydrogen) atoms. The van der Waals surface area contributed by atoms with Crippen molar-refractivity contribution < 1.29 is 0 Å². The topological polar surface area (TPSA) is 54.7 Å². The van der Waals surface area contributed by atoms with Crippen LogP contribution in [0.2, 0.25) is 5.02 Å². The van der Waals surface area contributed by atoms with Gasteiger partial charge >= 0.3 is 0 Å². The largest absolute Gasteiger partial charge is 0.382 e. The van der Waals surface area contributed by atoms with Crippen molar-refractivity contribution in [2.45, 2.75) is 19.8 Å². The van der Waals surface area contributed by atoms with Crippen LogP contribution in [0.1, 0.15) is 18.9 Å². The molecule has 1 aromatic heterocycles. The molecule has 0 aliphatic rings. The van der Waals surface area contributed by atoms with E-state index in [-0.39, 0.29) is 0 Å². The summed E-state index contributed by atoms with van der Waals surface area (Å²) < 4.78 is 0.979. The van der Waals surface area contributed by atoms with Gasteiger partial charge in [-0.15, -0.1) is 0 Å². The number of aromatic nitrogens is 2. The summed E-state index contributed by atoms with van der Waals surface area (Å²) in [5.74, 6) is 0.554. The highest BCUT2D eigenvalue weighted by molar-refractivity contribution is 9.10. The zero-order chi connectivity index (χ0) is 12.4. The molecule has 0 aliphatic carbocycles. The number of benzene rings is 1. The zero-order valence-electron chi connectivity index (χ0n) is 9.43. The number of anilines is 1. The Balaban J connectivity index is 2.56. The van der Waals surface area contributed by atoms with Crippen molar-refractivity contribution in [3.8, 4) is 11.3 Å². The Morgan fingerprint density at radius 2 is 2.24 bits per heavy atom. The molecule has 0 atom stereocenters. The van der Waals surface area contributed by atoms with Crippen LogP contribution in [0.5, 0.6) is 0 Å². The molecule has 0 spiro atoms. The monoisotopic (exact) mass is 313 g/mol. The van der Waals surface area contributed by atoms with Crippen molar-refractivity contribution in [3.05, 3.63) is 33.3 Å². The summed E-state index contributed by atoms with van der Waals surface area (Å²) in [5, 5.41) is 7.71. The Hall–Kier alpha value is -1.000. The minimum absolute atomic E-state index is 0.554. The highest BCUT2D eigenvalue weighted by atomic mass is 79.9. The van der Waals surface area contributed by atoms with Crippen LogP contribution in [-0.4, -0.2) is 10.2 Å². The third kappa shape index (κ3) is 2.48. The Morgan fingerprint density at radius 1 is 1.47 bits per heavy atom. The number of H-pyrrole nitrogens is 1. The first-order valence-electron chi connectivity index (χ1n) is 5.41. The predicted octanol–water partition coefficient (Wildman–Crippen LogP) is 4.03. The van der Waals surface area contributed by atoms with Gasteiger partial charge in [-0.25, -0.2) is 0 Å². The van der Waals surface area contributed by atoms with Crippen LogP contribution < -0.4 is 5.73 Å². The summed E-state index contributed by atoms with van der Waals surface area (Å²) in [6, 6.07) is 5.73. The van der Waals surface area contributed by atoms with Gasteiger partial charge in [0.05, 0.1) is 10.7 Å². The number of nitrogens with zero attached hydrogens (tertiary/aromatic N) is 1. The van der Waals surface area contributed by atoms with Gasteiger partial charge in [-0.3, -0.25) is 5.10 Å². The summed E-state index contributed by atoms with van der Waals surface area (Å²) in [7, 11) is 0. The lowest BCUT2D eigenvalue weighted by molar-refractivity contribution is 0.927. The number of nitrogen functional groups attached to an aromatic ring is 1. The molecule has 0 radical (unpaired) electrons. The van der Waals surface area contributed by atoms with Gasteiger partial charge in [-0.1, -0.05) is 40.9 Å². The molecule has 3 nitrogen and oxygen atoms in total. The molecular formula is C12H13BrClN3. The van der Waals surface area contributed by atoms with Crippen molar-refractivity contribution in [3.63, 3.8) is 0 Å². The minimum Gasteiger partial charge on any atom is -0.382 e. The highest BCUT2D eigenvalue weighted by Gasteiger charge is 2.14. The van der Waals surface area contributed by atoms with Crippen LogP contribution in [0.3, 0.4) is 0 Å². The SMILES string of the molecule is CCCc1c(N)n[nH]c1-c1cc(Br)ccc1Cl. The standard InChI is InChI=1S/C12H13BrClN3/c1-2-3-8-11(16-17-12(8)15)9-6-7(13)4-5-10(9)14/h4-6H,2-3H2,1H3,(H3,15,16,17). The molecule has 2 aromatic rings. The quantitative estimate of drug-likeness (QED) is 0.898. The molecule has 0 amide bonds. The van der Waals surface area contributed by atoms with Gasteiger partial charge in [0.1, 0.15) is 5.82 Å². The molecule has 0 bridgehead atoms.